The van der Waals surface area contributed by atoms with Crippen LogP contribution >= 0.6 is 0 Å². The van der Waals surface area contributed by atoms with Crippen molar-refractivity contribution in [2.45, 2.75) is 32.9 Å². The maximum absolute atomic E-state index is 4.58. The summed E-state index contributed by atoms with van der Waals surface area (Å²) in [5.41, 5.74) is 3.33. The van der Waals surface area contributed by atoms with Gasteiger partial charge in [-0.3, -0.25) is 4.68 Å². The standard InChI is InChI=1S/C13H19N5/c1-4-11-6-12(18(5-2)17-11)13(14-3)10-7-15-9-16-8-10/h6-9,13-14H,4-5H2,1-3H3. The van der Waals surface area contributed by atoms with Crippen molar-refractivity contribution in [3.8, 4) is 0 Å². The van der Waals surface area contributed by atoms with Crippen molar-refractivity contribution in [1.29, 1.82) is 0 Å². The Morgan fingerprint density at radius 2 is 2.00 bits per heavy atom. The predicted octanol–water partition coefficient (Wildman–Crippen LogP) is 1.56. The number of nitrogens with zero attached hydrogens (tertiary/aromatic N) is 4. The SMILES string of the molecule is CCc1cc(C(NC)c2cncnc2)n(CC)n1. The highest BCUT2D eigenvalue weighted by Gasteiger charge is 2.18. The van der Waals surface area contributed by atoms with Crippen molar-refractivity contribution >= 4 is 0 Å². The summed E-state index contributed by atoms with van der Waals surface area (Å²) in [6, 6.07) is 2.23. The van der Waals surface area contributed by atoms with Gasteiger partial charge in [0, 0.05) is 24.5 Å². The van der Waals surface area contributed by atoms with Gasteiger partial charge in [0.25, 0.3) is 0 Å². The largest absolute Gasteiger partial charge is 0.308 e. The monoisotopic (exact) mass is 245 g/mol. The minimum absolute atomic E-state index is 0.0824. The van der Waals surface area contributed by atoms with E-state index in [1.54, 1.807) is 6.33 Å². The molecule has 1 atom stereocenters. The highest BCUT2D eigenvalue weighted by molar-refractivity contribution is 5.25. The van der Waals surface area contributed by atoms with Gasteiger partial charge in [0.2, 0.25) is 0 Å². The van der Waals surface area contributed by atoms with Gasteiger partial charge in [0.05, 0.1) is 17.4 Å². The third kappa shape index (κ3) is 2.41. The molecule has 0 amide bonds. The van der Waals surface area contributed by atoms with Crippen LogP contribution in [-0.2, 0) is 13.0 Å². The van der Waals surface area contributed by atoms with Crippen molar-refractivity contribution in [1.82, 2.24) is 25.1 Å². The molecule has 0 saturated heterocycles. The van der Waals surface area contributed by atoms with Crippen LogP contribution in [0.3, 0.4) is 0 Å². The molecular weight excluding hydrogens is 226 g/mol. The Balaban J connectivity index is 2.41. The number of nitrogens with one attached hydrogen (secondary N) is 1. The van der Waals surface area contributed by atoms with E-state index < -0.39 is 0 Å². The van der Waals surface area contributed by atoms with Crippen LogP contribution in [0.4, 0.5) is 0 Å². The van der Waals surface area contributed by atoms with Gasteiger partial charge >= 0.3 is 0 Å². The lowest BCUT2D eigenvalue weighted by molar-refractivity contribution is 0.558. The quantitative estimate of drug-likeness (QED) is 0.868. The first-order valence-corrected chi connectivity index (χ1v) is 6.28. The first-order chi connectivity index (χ1) is 8.80. The first-order valence-electron chi connectivity index (χ1n) is 6.28. The Morgan fingerprint density at radius 3 is 2.56 bits per heavy atom. The fourth-order valence-electron chi connectivity index (χ4n) is 2.09. The molecule has 1 N–H and O–H groups in total. The molecule has 0 bridgehead atoms. The minimum atomic E-state index is 0.0824. The fraction of sp³-hybridized carbons (Fsp3) is 0.462. The highest BCUT2D eigenvalue weighted by Crippen LogP contribution is 2.21. The molecule has 2 aromatic heterocycles. The molecule has 0 aliphatic heterocycles. The van der Waals surface area contributed by atoms with Crippen LogP contribution in [0.1, 0.15) is 36.8 Å². The number of hydrogen-bond donors (Lipinski definition) is 1. The van der Waals surface area contributed by atoms with Gasteiger partial charge in [-0.25, -0.2) is 9.97 Å². The van der Waals surface area contributed by atoms with Gasteiger partial charge in [0.15, 0.2) is 0 Å². The number of aryl methyl sites for hydroxylation is 2. The third-order valence-corrected chi connectivity index (χ3v) is 3.02. The molecule has 0 fully saturated rings. The van der Waals surface area contributed by atoms with E-state index >= 15 is 0 Å². The van der Waals surface area contributed by atoms with Gasteiger partial charge in [-0.1, -0.05) is 6.92 Å². The lowest BCUT2D eigenvalue weighted by Crippen LogP contribution is -2.21. The molecule has 0 aliphatic carbocycles. The molecule has 5 heteroatoms. The summed E-state index contributed by atoms with van der Waals surface area (Å²) in [6.07, 6.45) is 6.17. The molecule has 0 saturated carbocycles. The average Bonchev–Trinajstić information content (AvgIpc) is 2.84. The van der Waals surface area contributed by atoms with Crippen LogP contribution in [0, 0.1) is 0 Å². The van der Waals surface area contributed by atoms with Crippen LogP contribution in [0.5, 0.6) is 0 Å². The van der Waals surface area contributed by atoms with Crippen molar-refractivity contribution in [2.24, 2.45) is 0 Å². The van der Waals surface area contributed by atoms with Crippen molar-refractivity contribution in [3.05, 3.63) is 41.7 Å². The second-order valence-electron chi connectivity index (χ2n) is 4.12. The molecule has 0 aromatic carbocycles. The summed E-state index contributed by atoms with van der Waals surface area (Å²) in [5.74, 6) is 0. The Labute approximate surface area is 107 Å². The smallest absolute Gasteiger partial charge is 0.115 e. The summed E-state index contributed by atoms with van der Waals surface area (Å²) in [6.45, 7) is 5.08. The van der Waals surface area contributed by atoms with Crippen LogP contribution in [0.2, 0.25) is 0 Å². The zero-order chi connectivity index (χ0) is 13.0. The van der Waals surface area contributed by atoms with E-state index in [0.29, 0.717) is 0 Å². The van der Waals surface area contributed by atoms with E-state index in [-0.39, 0.29) is 6.04 Å². The number of hydrogen-bond acceptors (Lipinski definition) is 4. The maximum Gasteiger partial charge on any atom is 0.115 e. The van der Waals surface area contributed by atoms with Crippen LogP contribution in [0.25, 0.3) is 0 Å². The van der Waals surface area contributed by atoms with Crippen LogP contribution in [-0.4, -0.2) is 26.8 Å². The van der Waals surface area contributed by atoms with Crippen molar-refractivity contribution < 1.29 is 0 Å². The minimum Gasteiger partial charge on any atom is -0.308 e. The van der Waals surface area contributed by atoms with E-state index in [1.807, 2.05) is 24.1 Å². The lowest BCUT2D eigenvalue weighted by atomic mass is 10.1. The summed E-state index contributed by atoms with van der Waals surface area (Å²) < 4.78 is 2.03. The zero-order valence-electron chi connectivity index (χ0n) is 11.1. The zero-order valence-corrected chi connectivity index (χ0v) is 11.1. The van der Waals surface area contributed by atoms with Gasteiger partial charge in [0.1, 0.15) is 6.33 Å². The van der Waals surface area contributed by atoms with E-state index in [2.05, 4.69) is 40.3 Å². The van der Waals surface area contributed by atoms with Crippen LogP contribution < -0.4 is 5.32 Å². The molecule has 0 spiro atoms. The van der Waals surface area contributed by atoms with Crippen molar-refractivity contribution in [3.63, 3.8) is 0 Å². The van der Waals surface area contributed by atoms with Gasteiger partial charge < -0.3 is 5.32 Å². The summed E-state index contributed by atoms with van der Waals surface area (Å²) in [4.78, 5) is 8.16. The summed E-state index contributed by atoms with van der Waals surface area (Å²) in [5, 5.41) is 7.88. The first kappa shape index (κ1) is 12.7. The number of rotatable bonds is 5. The molecule has 18 heavy (non-hydrogen) atoms. The Hall–Kier alpha value is -1.75. The van der Waals surface area contributed by atoms with Crippen molar-refractivity contribution in [2.75, 3.05) is 7.05 Å². The molecule has 0 aliphatic rings. The normalized spacial score (nSPS) is 12.6. The summed E-state index contributed by atoms with van der Waals surface area (Å²) >= 11 is 0. The second kappa shape index (κ2) is 5.73. The van der Waals surface area contributed by atoms with E-state index in [0.717, 1.165) is 29.9 Å². The van der Waals surface area contributed by atoms with Gasteiger partial charge in [-0.15, -0.1) is 0 Å². The van der Waals surface area contributed by atoms with Gasteiger partial charge in [-0.2, -0.15) is 5.10 Å². The fourth-order valence-corrected chi connectivity index (χ4v) is 2.09. The van der Waals surface area contributed by atoms with E-state index in [1.165, 1.54) is 0 Å². The maximum atomic E-state index is 4.58. The van der Waals surface area contributed by atoms with Gasteiger partial charge in [-0.05, 0) is 26.5 Å². The second-order valence-corrected chi connectivity index (χ2v) is 4.12. The highest BCUT2D eigenvalue weighted by atomic mass is 15.3. The Kier molecular flexibility index (Phi) is 4.04. The molecule has 5 nitrogen and oxygen atoms in total. The molecular formula is C13H19N5. The molecule has 2 heterocycles. The van der Waals surface area contributed by atoms with Crippen LogP contribution in [0.15, 0.2) is 24.8 Å². The predicted molar refractivity (Wildman–Crippen MR) is 70.2 cm³/mol. The molecule has 2 rings (SSSR count). The number of aromatic nitrogens is 4. The topological polar surface area (TPSA) is 55.6 Å². The molecule has 1 unspecified atom stereocenters. The molecule has 96 valence electrons. The molecule has 2 aromatic rings. The molecule has 0 radical (unpaired) electrons. The Morgan fingerprint density at radius 1 is 1.28 bits per heavy atom. The lowest BCUT2D eigenvalue weighted by Gasteiger charge is -2.16. The summed E-state index contributed by atoms with van der Waals surface area (Å²) in [7, 11) is 1.94. The average molecular weight is 245 g/mol. The third-order valence-electron chi connectivity index (χ3n) is 3.02. The van der Waals surface area contributed by atoms with E-state index in [9.17, 15) is 0 Å². The van der Waals surface area contributed by atoms with E-state index in [4.69, 9.17) is 0 Å². The Bertz CT molecular complexity index is 491.